The van der Waals surface area contributed by atoms with Gasteiger partial charge in [0.05, 0.1) is 12.2 Å². The molecule has 0 saturated heterocycles. The Morgan fingerprint density at radius 3 is 2.79 bits per heavy atom. The number of nitrogens with zero attached hydrogens (tertiary/aromatic N) is 2. The Balaban J connectivity index is 1.72. The van der Waals surface area contributed by atoms with E-state index < -0.39 is 0 Å². The first-order chi connectivity index (χ1) is 11.8. The summed E-state index contributed by atoms with van der Waals surface area (Å²) in [7, 11) is 0. The Kier molecular flexibility index (Phi) is 5.66. The van der Waals surface area contributed by atoms with E-state index in [2.05, 4.69) is 18.0 Å². The van der Waals surface area contributed by atoms with Crippen LogP contribution in [0.2, 0.25) is 0 Å². The smallest absolute Gasteiger partial charge is 0.134 e. The largest absolute Gasteiger partial charge is 0.494 e. The molecule has 2 aromatic rings. The average Bonchev–Trinajstić information content (AvgIpc) is 2.99. The van der Waals surface area contributed by atoms with Gasteiger partial charge in [0, 0.05) is 11.1 Å². The third-order valence-electron chi connectivity index (χ3n) is 4.24. The molecule has 0 radical (unpaired) electrons. The number of benzene rings is 1. The summed E-state index contributed by atoms with van der Waals surface area (Å²) in [6, 6.07) is 10.3. The molecule has 0 N–H and O–H groups in total. The van der Waals surface area contributed by atoms with Crippen LogP contribution in [-0.4, -0.2) is 12.8 Å². The number of fused-ring (bicyclic) bond motifs is 1. The molecule has 1 aliphatic carbocycles. The van der Waals surface area contributed by atoms with Crippen LogP contribution in [0, 0.1) is 11.3 Å². The van der Waals surface area contributed by atoms with Gasteiger partial charge in [0.1, 0.15) is 16.8 Å². The van der Waals surface area contributed by atoms with Gasteiger partial charge >= 0.3 is 0 Å². The second-order valence-corrected chi connectivity index (χ2v) is 7.12. The molecule has 1 heterocycles. The average molecular weight is 338 g/mol. The molecular weight excluding hydrogens is 316 g/mol. The number of aryl methyl sites for hydroxylation is 1. The summed E-state index contributed by atoms with van der Waals surface area (Å²) in [6.45, 7) is 2.91. The summed E-state index contributed by atoms with van der Waals surface area (Å²) >= 11 is 1.68. The van der Waals surface area contributed by atoms with Crippen molar-refractivity contribution < 1.29 is 4.74 Å². The third kappa shape index (κ3) is 3.85. The van der Waals surface area contributed by atoms with Crippen molar-refractivity contribution in [1.29, 1.82) is 5.26 Å². The number of hydrogen-bond donors (Lipinski definition) is 0. The molecule has 3 rings (SSSR count). The monoisotopic (exact) mass is 338 g/mol. The van der Waals surface area contributed by atoms with Crippen LogP contribution in [0.3, 0.4) is 0 Å². The highest BCUT2D eigenvalue weighted by Gasteiger charge is 2.19. The van der Waals surface area contributed by atoms with Crippen LogP contribution >= 0.6 is 11.3 Å². The molecule has 0 aliphatic heterocycles. The second-order valence-electron chi connectivity index (χ2n) is 6.03. The molecule has 1 aliphatic rings. The van der Waals surface area contributed by atoms with E-state index in [0.29, 0.717) is 0 Å². The van der Waals surface area contributed by atoms with Gasteiger partial charge in [0.25, 0.3) is 0 Å². The predicted molar refractivity (Wildman–Crippen MR) is 99.8 cm³/mol. The third-order valence-corrected chi connectivity index (χ3v) is 5.44. The highest BCUT2D eigenvalue weighted by atomic mass is 32.1. The highest BCUT2D eigenvalue weighted by molar-refractivity contribution is 7.16. The van der Waals surface area contributed by atoms with Gasteiger partial charge < -0.3 is 4.74 Å². The van der Waals surface area contributed by atoms with E-state index in [-0.39, 0.29) is 0 Å². The second kappa shape index (κ2) is 8.12. The lowest BCUT2D eigenvalue weighted by molar-refractivity contribution is 0.309. The Hall–Kier alpha value is -2.12. The van der Waals surface area contributed by atoms with Gasteiger partial charge in [-0.3, -0.25) is 0 Å². The molecule has 1 aromatic carbocycles. The van der Waals surface area contributed by atoms with E-state index in [1.165, 1.54) is 23.3 Å². The maximum absolute atomic E-state index is 9.47. The van der Waals surface area contributed by atoms with Gasteiger partial charge in [-0.2, -0.15) is 5.26 Å². The Bertz CT molecular complexity index is 753. The summed E-state index contributed by atoms with van der Waals surface area (Å²) in [6.07, 6.45) is 8.57. The van der Waals surface area contributed by atoms with Crippen molar-refractivity contribution >= 4 is 22.6 Å². The van der Waals surface area contributed by atoms with Crippen molar-refractivity contribution in [1.82, 2.24) is 0 Å². The molecule has 0 bridgehead atoms. The maximum Gasteiger partial charge on any atom is 0.134 e. The summed E-state index contributed by atoms with van der Waals surface area (Å²) in [5.74, 6) is 0.893. The van der Waals surface area contributed by atoms with Crippen molar-refractivity contribution in [3.05, 3.63) is 45.8 Å². The fourth-order valence-corrected chi connectivity index (χ4v) is 4.06. The number of aliphatic imine (C=N–C) groups is 1. The SMILES string of the molecule is CCCCOc1ccc(C=Nc2sc3c(c2C#N)CCCC3)cc1. The lowest BCUT2D eigenvalue weighted by Gasteiger charge is -2.09. The molecule has 0 spiro atoms. The van der Waals surface area contributed by atoms with Gasteiger partial charge in [-0.25, -0.2) is 4.99 Å². The van der Waals surface area contributed by atoms with Crippen molar-refractivity contribution in [2.75, 3.05) is 6.61 Å². The van der Waals surface area contributed by atoms with Gasteiger partial charge in [0.15, 0.2) is 0 Å². The fraction of sp³-hybridized carbons (Fsp3) is 0.400. The molecule has 0 unspecified atom stereocenters. The zero-order valence-electron chi connectivity index (χ0n) is 14.0. The number of ether oxygens (including phenoxy) is 1. The van der Waals surface area contributed by atoms with E-state index in [1.807, 2.05) is 30.5 Å². The van der Waals surface area contributed by atoms with Crippen molar-refractivity contribution in [2.45, 2.75) is 45.4 Å². The summed E-state index contributed by atoms with van der Waals surface area (Å²) in [5, 5.41) is 10.3. The normalized spacial score (nSPS) is 13.7. The topological polar surface area (TPSA) is 45.4 Å². The number of hydrogen-bond acceptors (Lipinski definition) is 4. The first-order valence-corrected chi connectivity index (χ1v) is 9.45. The van der Waals surface area contributed by atoms with Crippen LogP contribution in [0.4, 0.5) is 5.00 Å². The zero-order valence-corrected chi connectivity index (χ0v) is 14.9. The molecule has 4 heteroatoms. The van der Waals surface area contributed by atoms with E-state index in [0.717, 1.165) is 54.2 Å². The molecule has 0 fully saturated rings. The van der Waals surface area contributed by atoms with Crippen LogP contribution in [0.1, 0.15) is 54.2 Å². The van der Waals surface area contributed by atoms with E-state index in [1.54, 1.807) is 11.3 Å². The first kappa shape index (κ1) is 16.7. The Morgan fingerprint density at radius 1 is 1.25 bits per heavy atom. The first-order valence-electron chi connectivity index (χ1n) is 8.63. The molecule has 24 heavy (non-hydrogen) atoms. The quantitative estimate of drug-likeness (QED) is 0.521. The van der Waals surface area contributed by atoms with Gasteiger partial charge in [0.2, 0.25) is 0 Å². The molecule has 0 atom stereocenters. The van der Waals surface area contributed by atoms with E-state index in [9.17, 15) is 5.26 Å². The number of unbranched alkanes of at least 4 members (excludes halogenated alkanes) is 1. The van der Waals surface area contributed by atoms with Crippen LogP contribution in [0.5, 0.6) is 5.75 Å². The van der Waals surface area contributed by atoms with Gasteiger partial charge in [-0.1, -0.05) is 13.3 Å². The fourth-order valence-electron chi connectivity index (χ4n) is 2.88. The summed E-state index contributed by atoms with van der Waals surface area (Å²) in [4.78, 5) is 5.94. The minimum atomic E-state index is 0.760. The molecule has 0 amide bonds. The van der Waals surface area contributed by atoms with Crippen molar-refractivity contribution in [3.8, 4) is 11.8 Å². The number of thiophene rings is 1. The maximum atomic E-state index is 9.47. The Labute approximate surface area is 147 Å². The number of nitriles is 1. The zero-order chi connectivity index (χ0) is 16.8. The minimum absolute atomic E-state index is 0.760. The molecule has 3 nitrogen and oxygen atoms in total. The van der Waals surface area contributed by atoms with Crippen LogP contribution in [0.25, 0.3) is 0 Å². The van der Waals surface area contributed by atoms with E-state index >= 15 is 0 Å². The summed E-state index contributed by atoms with van der Waals surface area (Å²) in [5.41, 5.74) is 3.04. The predicted octanol–water partition coefficient (Wildman–Crippen LogP) is 5.43. The van der Waals surface area contributed by atoms with Crippen LogP contribution < -0.4 is 4.74 Å². The van der Waals surface area contributed by atoms with Gasteiger partial charge in [-0.15, -0.1) is 11.3 Å². The van der Waals surface area contributed by atoms with Gasteiger partial charge in [-0.05, 0) is 67.5 Å². The minimum Gasteiger partial charge on any atom is -0.494 e. The molecular formula is C20H22N2OS. The van der Waals surface area contributed by atoms with Crippen molar-refractivity contribution in [3.63, 3.8) is 0 Å². The van der Waals surface area contributed by atoms with Crippen molar-refractivity contribution in [2.24, 2.45) is 4.99 Å². The molecule has 1 aromatic heterocycles. The number of rotatable bonds is 6. The lowest BCUT2D eigenvalue weighted by atomic mass is 9.96. The summed E-state index contributed by atoms with van der Waals surface area (Å²) < 4.78 is 5.67. The molecule has 0 saturated carbocycles. The lowest BCUT2D eigenvalue weighted by Crippen LogP contribution is -1.99. The highest BCUT2D eigenvalue weighted by Crippen LogP contribution is 2.39. The molecule has 124 valence electrons. The van der Waals surface area contributed by atoms with E-state index in [4.69, 9.17) is 4.74 Å². The van der Waals surface area contributed by atoms with Crippen LogP contribution in [-0.2, 0) is 12.8 Å². The Morgan fingerprint density at radius 2 is 2.04 bits per heavy atom. The van der Waals surface area contributed by atoms with Crippen LogP contribution in [0.15, 0.2) is 29.3 Å². The standard InChI is InChI=1S/C20H22N2OS/c1-2-3-12-23-16-10-8-15(9-11-16)14-22-20-18(13-21)17-6-4-5-7-19(17)24-20/h8-11,14H,2-7,12H2,1H3.